The van der Waals surface area contributed by atoms with Crippen molar-refractivity contribution >= 4 is 5.91 Å². The van der Waals surface area contributed by atoms with Crippen LogP contribution in [-0.2, 0) is 11.3 Å². The van der Waals surface area contributed by atoms with Gasteiger partial charge >= 0.3 is 0 Å². The van der Waals surface area contributed by atoms with Gasteiger partial charge in [-0.25, -0.2) is 0 Å². The van der Waals surface area contributed by atoms with E-state index >= 15 is 0 Å². The molecule has 1 atom stereocenters. The molecule has 0 unspecified atom stereocenters. The van der Waals surface area contributed by atoms with Crippen molar-refractivity contribution in [2.75, 3.05) is 19.6 Å². The molecule has 26 heavy (non-hydrogen) atoms. The standard InChI is InChI=1S/C21H33N3O2/c25-21-10-6-13-23(21)14-11-18-9-4-5-12-24(18)16-19-15-20(22-26-19)17-7-2-1-3-8-17/h15,17-18H,1-14,16H2/t18-/m1/s1. The Balaban J connectivity index is 1.33. The lowest BCUT2D eigenvalue weighted by molar-refractivity contribution is -0.127. The van der Waals surface area contributed by atoms with E-state index in [-0.39, 0.29) is 0 Å². The third-order valence-corrected chi connectivity index (χ3v) is 6.61. The first-order chi connectivity index (χ1) is 12.8. The summed E-state index contributed by atoms with van der Waals surface area (Å²) in [6.45, 7) is 3.89. The third-order valence-electron chi connectivity index (χ3n) is 6.61. The molecule has 1 amide bonds. The lowest BCUT2D eigenvalue weighted by Gasteiger charge is -2.35. The molecule has 5 nitrogen and oxygen atoms in total. The van der Waals surface area contributed by atoms with Crippen LogP contribution in [0.25, 0.3) is 0 Å². The van der Waals surface area contributed by atoms with Crippen LogP contribution >= 0.6 is 0 Å². The Kier molecular flexibility index (Phi) is 5.93. The fourth-order valence-corrected chi connectivity index (χ4v) is 5.03. The van der Waals surface area contributed by atoms with E-state index < -0.39 is 0 Å². The number of aromatic nitrogens is 1. The van der Waals surface area contributed by atoms with Crippen LogP contribution in [0.1, 0.15) is 88.0 Å². The van der Waals surface area contributed by atoms with Crippen molar-refractivity contribution in [3.05, 3.63) is 17.5 Å². The molecule has 0 bridgehead atoms. The van der Waals surface area contributed by atoms with Crippen LogP contribution in [0, 0.1) is 0 Å². The number of rotatable bonds is 6. The van der Waals surface area contributed by atoms with E-state index in [0.29, 0.717) is 17.9 Å². The number of carbonyl (C=O) groups is 1. The van der Waals surface area contributed by atoms with Gasteiger partial charge in [0.25, 0.3) is 0 Å². The number of likely N-dealkylation sites (tertiary alicyclic amines) is 2. The summed E-state index contributed by atoms with van der Waals surface area (Å²) in [5.41, 5.74) is 1.18. The quantitative estimate of drug-likeness (QED) is 0.768. The maximum absolute atomic E-state index is 11.9. The smallest absolute Gasteiger partial charge is 0.222 e. The molecule has 3 fully saturated rings. The van der Waals surface area contributed by atoms with Gasteiger partial charge in [-0.2, -0.15) is 0 Å². The molecule has 3 heterocycles. The summed E-state index contributed by atoms with van der Waals surface area (Å²) in [6.07, 6.45) is 13.3. The van der Waals surface area contributed by atoms with Crippen molar-refractivity contribution in [3.8, 4) is 0 Å². The number of nitrogens with zero attached hydrogens (tertiary/aromatic N) is 3. The zero-order chi connectivity index (χ0) is 17.8. The molecule has 0 spiro atoms. The Morgan fingerprint density at radius 1 is 1.04 bits per heavy atom. The van der Waals surface area contributed by atoms with Crippen molar-refractivity contribution in [1.82, 2.24) is 15.0 Å². The van der Waals surface area contributed by atoms with Crippen molar-refractivity contribution in [3.63, 3.8) is 0 Å². The minimum Gasteiger partial charge on any atom is -0.360 e. The second-order valence-electron chi connectivity index (χ2n) is 8.45. The van der Waals surface area contributed by atoms with Crippen LogP contribution in [-0.4, -0.2) is 46.5 Å². The number of piperidine rings is 1. The van der Waals surface area contributed by atoms with Gasteiger partial charge in [-0.15, -0.1) is 0 Å². The highest BCUT2D eigenvalue weighted by atomic mass is 16.5. The molecule has 5 heteroatoms. The summed E-state index contributed by atoms with van der Waals surface area (Å²) in [5.74, 6) is 1.98. The topological polar surface area (TPSA) is 49.6 Å². The average molecular weight is 360 g/mol. The van der Waals surface area contributed by atoms with Crippen molar-refractivity contribution in [2.24, 2.45) is 0 Å². The minimum absolute atomic E-state index is 0.347. The van der Waals surface area contributed by atoms with E-state index in [9.17, 15) is 4.79 Å². The van der Waals surface area contributed by atoms with Crippen LogP contribution in [0.4, 0.5) is 0 Å². The van der Waals surface area contributed by atoms with Gasteiger partial charge in [-0.3, -0.25) is 9.69 Å². The molecule has 4 rings (SSSR count). The van der Waals surface area contributed by atoms with Crippen LogP contribution in [0.5, 0.6) is 0 Å². The predicted molar refractivity (Wildman–Crippen MR) is 101 cm³/mol. The molecule has 2 saturated heterocycles. The molecule has 1 saturated carbocycles. The molecule has 144 valence electrons. The lowest BCUT2D eigenvalue weighted by atomic mass is 9.87. The Hall–Kier alpha value is -1.36. The van der Waals surface area contributed by atoms with E-state index in [1.165, 1.54) is 57.1 Å². The molecule has 0 N–H and O–H groups in total. The molecule has 1 aromatic rings. The Labute approximate surface area is 157 Å². The van der Waals surface area contributed by atoms with Gasteiger partial charge in [0, 0.05) is 37.5 Å². The highest BCUT2D eigenvalue weighted by Crippen LogP contribution is 2.32. The molecule has 1 aromatic heterocycles. The summed E-state index contributed by atoms with van der Waals surface area (Å²) in [4.78, 5) is 16.5. The zero-order valence-electron chi connectivity index (χ0n) is 16.0. The maximum Gasteiger partial charge on any atom is 0.222 e. The molecular formula is C21H33N3O2. The van der Waals surface area contributed by atoms with Gasteiger partial charge in [0.1, 0.15) is 0 Å². The van der Waals surface area contributed by atoms with Gasteiger partial charge in [0.15, 0.2) is 5.76 Å². The number of carbonyl (C=O) groups excluding carboxylic acids is 1. The average Bonchev–Trinajstić information content (AvgIpc) is 3.31. The largest absolute Gasteiger partial charge is 0.360 e. The van der Waals surface area contributed by atoms with Crippen LogP contribution in [0.15, 0.2) is 10.6 Å². The van der Waals surface area contributed by atoms with E-state index in [4.69, 9.17) is 4.52 Å². The number of hydrogen-bond acceptors (Lipinski definition) is 4. The number of amides is 1. The van der Waals surface area contributed by atoms with Gasteiger partial charge < -0.3 is 9.42 Å². The molecular weight excluding hydrogens is 326 g/mol. The minimum atomic E-state index is 0.347. The summed E-state index contributed by atoms with van der Waals surface area (Å²) in [5, 5.41) is 4.39. The van der Waals surface area contributed by atoms with Crippen LogP contribution in [0.3, 0.4) is 0 Å². The predicted octanol–water partition coefficient (Wildman–Crippen LogP) is 4.09. The van der Waals surface area contributed by atoms with Crippen LogP contribution < -0.4 is 0 Å². The summed E-state index contributed by atoms with van der Waals surface area (Å²) < 4.78 is 5.71. The van der Waals surface area contributed by atoms with E-state index in [1.54, 1.807) is 0 Å². The Bertz CT molecular complexity index is 594. The van der Waals surface area contributed by atoms with Gasteiger partial charge in [-0.1, -0.05) is 30.8 Å². The maximum atomic E-state index is 11.9. The fraction of sp³-hybridized carbons (Fsp3) is 0.810. The third kappa shape index (κ3) is 4.30. The normalized spacial score (nSPS) is 25.9. The second-order valence-corrected chi connectivity index (χ2v) is 8.45. The van der Waals surface area contributed by atoms with E-state index in [2.05, 4.69) is 21.0 Å². The number of hydrogen-bond donors (Lipinski definition) is 0. The van der Waals surface area contributed by atoms with Gasteiger partial charge in [0.05, 0.1) is 12.2 Å². The molecule has 2 aliphatic heterocycles. The Morgan fingerprint density at radius 2 is 1.88 bits per heavy atom. The molecule has 1 aliphatic carbocycles. The zero-order valence-corrected chi connectivity index (χ0v) is 16.0. The second kappa shape index (κ2) is 8.55. The Morgan fingerprint density at radius 3 is 2.69 bits per heavy atom. The summed E-state index contributed by atoms with van der Waals surface area (Å²) >= 11 is 0. The van der Waals surface area contributed by atoms with Crippen LogP contribution in [0.2, 0.25) is 0 Å². The SMILES string of the molecule is O=C1CCCN1CC[C@H]1CCCCN1Cc1cc(C2CCCCC2)no1. The highest BCUT2D eigenvalue weighted by molar-refractivity contribution is 5.77. The first kappa shape index (κ1) is 18.0. The first-order valence-corrected chi connectivity index (χ1v) is 10.8. The summed E-state index contributed by atoms with van der Waals surface area (Å²) in [7, 11) is 0. The van der Waals surface area contributed by atoms with Crippen molar-refractivity contribution in [2.45, 2.75) is 89.1 Å². The summed E-state index contributed by atoms with van der Waals surface area (Å²) in [6, 6.07) is 2.78. The molecule has 0 radical (unpaired) electrons. The first-order valence-electron chi connectivity index (χ1n) is 10.8. The molecule has 0 aromatic carbocycles. The van der Waals surface area contributed by atoms with Crippen molar-refractivity contribution in [1.29, 1.82) is 0 Å². The molecule has 3 aliphatic rings. The van der Waals surface area contributed by atoms with E-state index in [0.717, 1.165) is 51.2 Å². The highest BCUT2D eigenvalue weighted by Gasteiger charge is 2.27. The monoisotopic (exact) mass is 359 g/mol. The fourth-order valence-electron chi connectivity index (χ4n) is 5.03. The lowest BCUT2D eigenvalue weighted by Crippen LogP contribution is -2.41. The van der Waals surface area contributed by atoms with Crippen molar-refractivity contribution < 1.29 is 9.32 Å². The van der Waals surface area contributed by atoms with Gasteiger partial charge in [-0.05, 0) is 45.1 Å². The van der Waals surface area contributed by atoms with E-state index in [1.807, 2.05) is 0 Å². The van der Waals surface area contributed by atoms with Gasteiger partial charge in [0.2, 0.25) is 5.91 Å².